The second-order valence-corrected chi connectivity index (χ2v) is 5.14. The molecule has 1 unspecified atom stereocenters. The predicted octanol–water partition coefficient (Wildman–Crippen LogP) is 2.64. The van der Waals surface area contributed by atoms with Gasteiger partial charge in [0.15, 0.2) is 0 Å². The summed E-state index contributed by atoms with van der Waals surface area (Å²) in [7, 11) is 0. The quantitative estimate of drug-likeness (QED) is 0.466. The van der Waals surface area contributed by atoms with E-state index in [1.165, 1.54) is 25.7 Å². The Bertz CT molecular complexity index is 229. The summed E-state index contributed by atoms with van der Waals surface area (Å²) in [4.78, 5) is 0. The van der Waals surface area contributed by atoms with Gasteiger partial charge in [-0.1, -0.05) is 25.0 Å². The minimum Gasteiger partial charge on any atom is -0.389 e. The second kappa shape index (κ2) is 10.5. The van der Waals surface area contributed by atoms with Crippen LogP contribution in [0.1, 0.15) is 51.9 Å². The van der Waals surface area contributed by atoms with Crippen molar-refractivity contribution < 1.29 is 9.84 Å². The molecule has 3 heteroatoms. The van der Waals surface area contributed by atoms with E-state index in [0.717, 1.165) is 32.4 Å². The number of hydrogen-bond acceptors (Lipinski definition) is 3. The van der Waals surface area contributed by atoms with Crippen LogP contribution in [-0.2, 0) is 4.74 Å². The Morgan fingerprint density at radius 2 is 2.33 bits per heavy atom. The highest BCUT2D eigenvalue weighted by Crippen LogP contribution is 2.19. The van der Waals surface area contributed by atoms with E-state index < -0.39 is 0 Å². The average Bonchev–Trinajstić information content (AvgIpc) is 2.41. The van der Waals surface area contributed by atoms with E-state index in [4.69, 9.17) is 4.74 Å². The summed E-state index contributed by atoms with van der Waals surface area (Å²) in [6.45, 7) is 4.97. The van der Waals surface area contributed by atoms with Crippen molar-refractivity contribution >= 4 is 0 Å². The molecule has 0 heterocycles. The molecule has 0 amide bonds. The molecule has 3 nitrogen and oxygen atoms in total. The van der Waals surface area contributed by atoms with E-state index in [0.29, 0.717) is 13.2 Å². The Balaban J connectivity index is 1.91. The van der Waals surface area contributed by atoms with Crippen molar-refractivity contribution in [3.8, 4) is 0 Å². The third kappa shape index (κ3) is 7.85. The first-order valence-corrected chi connectivity index (χ1v) is 7.47. The summed E-state index contributed by atoms with van der Waals surface area (Å²) in [6.07, 6.45) is 10.6. The Morgan fingerprint density at radius 1 is 1.44 bits per heavy atom. The van der Waals surface area contributed by atoms with Crippen LogP contribution in [0.2, 0.25) is 0 Å². The molecule has 0 radical (unpaired) electrons. The number of aliphatic hydroxyl groups is 1. The van der Waals surface area contributed by atoms with Crippen LogP contribution in [-0.4, -0.2) is 37.5 Å². The zero-order valence-electron chi connectivity index (χ0n) is 11.8. The first-order valence-electron chi connectivity index (χ1n) is 7.47. The first kappa shape index (κ1) is 15.7. The van der Waals surface area contributed by atoms with Crippen molar-refractivity contribution in [2.75, 3.05) is 26.3 Å². The SMILES string of the molecule is CCCCOCC(O)CNCCC1=CCCCC1. The van der Waals surface area contributed by atoms with Gasteiger partial charge in [0.2, 0.25) is 0 Å². The monoisotopic (exact) mass is 255 g/mol. The number of aliphatic hydroxyl groups excluding tert-OH is 1. The average molecular weight is 255 g/mol. The molecule has 2 N–H and O–H groups in total. The van der Waals surface area contributed by atoms with Gasteiger partial charge in [-0.2, -0.15) is 0 Å². The van der Waals surface area contributed by atoms with E-state index in [2.05, 4.69) is 18.3 Å². The molecule has 106 valence electrons. The zero-order valence-corrected chi connectivity index (χ0v) is 11.8. The maximum atomic E-state index is 9.68. The molecule has 0 aliphatic heterocycles. The van der Waals surface area contributed by atoms with Crippen LogP contribution in [0.15, 0.2) is 11.6 Å². The van der Waals surface area contributed by atoms with Gasteiger partial charge in [-0.25, -0.2) is 0 Å². The lowest BCUT2D eigenvalue weighted by Gasteiger charge is -2.15. The van der Waals surface area contributed by atoms with Gasteiger partial charge in [0.05, 0.1) is 12.7 Å². The molecule has 1 aliphatic carbocycles. The lowest BCUT2D eigenvalue weighted by atomic mass is 9.97. The maximum Gasteiger partial charge on any atom is 0.0897 e. The van der Waals surface area contributed by atoms with Gasteiger partial charge in [-0.15, -0.1) is 0 Å². The fourth-order valence-corrected chi connectivity index (χ4v) is 2.17. The summed E-state index contributed by atoms with van der Waals surface area (Å²) in [5.41, 5.74) is 1.59. The van der Waals surface area contributed by atoms with Crippen LogP contribution in [0.5, 0.6) is 0 Å². The molecular formula is C15H29NO2. The molecule has 1 rings (SSSR count). The van der Waals surface area contributed by atoms with Gasteiger partial charge < -0.3 is 15.2 Å². The Kier molecular flexibility index (Phi) is 9.17. The van der Waals surface area contributed by atoms with Crippen LogP contribution in [0, 0.1) is 0 Å². The highest BCUT2D eigenvalue weighted by Gasteiger charge is 2.05. The van der Waals surface area contributed by atoms with Crippen LogP contribution < -0.4 is 5.32 Å². The lowest BCUT2D eigenvalue weighted by Crippen LogP contribution is -2.31. The van der Waals surface area contributed by atoms with E-state index in [1.54, 1.807) is 5.57 Å². The van der Waals surface area contributed by atoms with E-state index in [9.17, 15) is 5.11 Å². The van der Waals surface area contributed by atoms with Gasteiger partial charge in [0.25, 0.3) is 0 Å². The van der Waals surface area contributed by atoms with Gasteiger partial charge in [0, 0.05) is 13.2 Å². The highest BCUT2D eigenvalue weighted by molar-refractivity contribution is 5.05. The molecule has 0 fully saturated rings. The summed E-state index contributed by atoms with van der Waals surface area (Å²) in [5, 5.41) is 13.0. The van der Waals surface area contributed by atoms with Crippen molar-refractivity contribution in [1.82, 2.24) is 5.32 Å². The van der Waals surface area contributed by atoms with Gasteiger partial charge in [-0.3, -0.25) is 0 Å². The molecule has 0 spiro atoms. The fraction of sp³-hybridized carbons (Fsp3) is 0.867. The molecule has 0 aromatic heterocycles. The van der Waals surface area contributed by atoms with E-state index in [-0.39, 0.29) is 6.10 Å². The van der Waals surface area contributed by atoms with Gasteiger partial charge in [-0.05, 0) is 45.1 Å². The topological polar surface area (TPSA) is 41.5 Å². The fourth-order valence-electron chi connectivity index (χ4n) is 2.17. The molecule has 0 saturated carbocycles. The minimum atomic E-state index is -0.373. The zero-order chi connectivity index (χ0) is 13.1. The van der Waals surface area contributed by atoms with E-state index >= 15 is 0 Å². The summed E-state index contributed by atoms with van der Waals surface area (Å²) >= 11 is 0. The molecular weight excluding hydrogens is 226 g/mol. The van der Waals surface area contributed by atoms with Crippen molar-refractivity contribution in [1.29, 1.82) is 0 Å². The predicted molar refractivity (Wildman–Crippen MR) is 75.8 cm³/mol. The van der Waals surface area contributed by atoms with Crippen molar-refractivity contribution in [2.24, 2.45) is 0 Å². The maximum absolute atomic E-state index is 9.68. The number of allylic oxidation sites excluding steroid dienone is 1. The second-order valence-electron chi connectivity index (χ2n) is 5.14. The van der Waals surface area contributed by atoms with Crippen LogP contribution >= 0.6 is 0 Å². The molecule has 18 heavy (non-hydrogen) atoms. The highest BCUT2D eigenvalue weighted by atomic mass is 16.5. The van der Waals surface area contributed by atoms with Crippen LogP contribution in [0.3, 0.4) is 0 Å². The van der Waals surface area contributed by atoms with Gasteiger partial charge >= 0.3 is 0 Å². The standard InChI is InChI=1S/C15H29NO2/c1-2-3-11-18-13-15(17)12-16-10-9-14-7-5-4-6-8-14/h7,15-17H,2-6,8-13H2,1H3. The Labute approximate surface area is 112 Å². The summed E-state index contributed by atoms with van der Waals surface area (Å²) < 4.78 is 5.38. The summed E-state index contributed by atoms with van der Waals surface area (Å²) in [6, 6.07) is 0. The molecule has 0 bridgehead atoms. The van der Waals surface area contributed by atoms with E-state index in [1.807, 2.05) is 0 Å². The third-order valence-corrected chi connectivity index (χ3v) is 3.34. The van der Waals surface area contributed by atoms with Gasteiger partial charge in [0.1, 0.15) is 0 Å². The molecule has 1 aliphatic rings. The Hall–Kier alpha value is -0.380. The lowest BCUT2D eigenvalue weighted by molar-refractivity contribution is 0.0360. The Morgan fingerprint density at radius 3 is 3.06 bits per heavy atom. The van der Waals surface area contributed by atoms with Crippen molar-refractivity contribution in [3.05, 3.63) is 11.6 Å². The molecule has 1 atom stereocenters. The molecule has 0 aromatic rings. The number of nitrogens with one attached hydrogen (secondary N) is 1. The number of unbranched alkanes of at least 4 members (excludes halogenated alkanes) is 1. The van der Waals surface area contributed by atoms with Crippen molar-refractivity contribution in [2.45, 2.75) is 58.0 Å². The number of hydrogen-bond donors (Lipinski definition) is 2. The smallest absolute Gasteiger partial charge is 0.0897 e. The van der Waals surface area contributed by atoms with Crippen LogP contribution in [0.25, 0.3) is 0 Å². The van der Waals surface area contributed by atoms with Crippen LogP contribution in [0.4, 0.5) is 0 Å². The molecule has 0 saturated heterocycles. The number of ether oxygens (including phenoxy) is 1. The number of rotatable bonds is 10. The third-order valence-electron chi connectivity index (χ3n) is 3.34. The normalized spacial score (nSPS) is 17.6. The molecule has 0 aromatic carbocycles. The first-order chi connectivity index (χ1) is 8.83. The van der Waals surface area contributed by atoms with Crippen molar-refractivity contribution in [3.63, 3.8) is 0 Å². The minimum absolute atomic E-state index is 0.373. The summed E-state index contributed by atoms with van der Waals surface area (Å²) in [5.74, 6) is 0. The largest absolute Gasteiger partial charge is 0.389 e.